The van der Waals surface area contributed by atoms with E-state index in [1.807, 2.05) is 13.8 Å². The van der Waals surface area contributed by atoms with Crippen LogP contribution in [0, 0.1) is 10.1 Å². The van der Waals surface area contributed by atoms with Crippen LogP contribution in [0.2, 0.25) is 0 Å². The Morgan fingerprint density at radius 3 is 2.69 bits per heavy atom. The number of hydrogen-bond donors (Lipinski definition) is 2. The first-order valence-electron chi connectivity index (χ1n) is 4.78. The van der Waals surface area contributed by atoms with Crippen molar-refractivity contribution >= 4 is 27.3 Å². The molecule has 0 unspecified atom stereocenters. The van der Waals surface area contributed by atoms with E-state index in [1.165, 1.54) is 6.07 Å². The number of nitro groups is 1. The number of anilines is 1. The average Bonchev–Trinajstić information content (AvgIpc) is 2.16. The lowest BCUT2D eigenvalue weighted by atomic mass is 10.1. The highest BCUT2D eigenvalue weighted by molar-refractivity contribution is 9.10. The van der Waals surface area contributed by atoms with Crippen LogP contribution in [-0.2, 0) is 0 Å². The Morgan fingerprint density at radius 1 is 1.56 bits per heavy atom. The summed E-state index contributed by atoms with van der Waals surface area (Å²) < 4.78 is 0.786. The van der Waals surface area contributed by atoms with Crippen LogP contribution in [0.1, 0.15) is 13.8 Å². The highest BCUT2D eigenvalue weighted by atomic mass is 79.9. The Bertz CT molecular complexity index is 407. The standard InChI is InChI=1S/C10H14BrN3O2/c1-10(2,6-12)13-8-5-7(11)3-4-9(8)14(15)16/h3-5,13H,6,12H2,1-2H3. The molecule has 0 heterocycles. The molecule has 6 heteroatoms. The summed E-state index contributed by atoms with van der Waals surface area (Å²) in [7, 11) is 0. The summed E-state index contributed by atoms with van der Waals surface area (Å²) in [6.45, 7) is 4.16. The average molecular weight is 288 g/mol. The molecule has 0 radical (unpaired) electrons. The molecule has 0 aliphatic carbocycles. The molecule has 0 amide bonds. The fraction of sp³-hybridized carbons (Fsp3) is 0.400. The first kappa shape index (κ1) is 12.9. The number of nitrogens with two attached hydrogens (primary N) is 1. The molecular formula is C10H14BrN3O2. The quantitative estimate of drug-likeness (QED) is 0.659. The maximum Gasteiger partial charge on any atom is 0.292 e. The molecule has 16 heavy (non-hydrogen) atoms. The van der Waals surface area contributed by atoms with Crippen molar-refractivity contribution in [3.05, 3.63) is 32.8 Å². The van der Waals surface area contributed by atoms with Gasteiger partial charge in [0.15, 0.2) is 0 Å². The minimum atomic E-state index is -0.415. The summed E-state index contributed by atoms with van der Waals surface area (Å²) in [6.07, 6.45) is 0. The molecule has 0 aliphatic rings. The lowest BCUT2D eigenvalue weighted by Gasteiger charge is -2.25. The van der Waals surface area contributed by atoms with Crippen molar-refractivity contribution in [2.45, 2.75) is 19.4 Å². The van der Waals surface area contributed by atoms with Gasteiger partial charge in [0.25, 0.3) is 5.69 Å². The summed E-state index contributed by atoms with van der Waals surface area (Å²) in [6, 6.07) is 4.77. The maximum atomic E-state index is 10.8. The van der Waals surface area contributed by atoms with Gasteiger partial charge in [0, 0.05) is 22.6 Å². The van der Waals surface area contributed by atoms with E-state index in [0.717, 1.165) is 4.47 Å². The molecule has 0 atom stereocenters. The largest absolute Gasteiger partial charge is 0.373 e. The minimum Gasteiger partial charge on any atom is -0.373 e. The van der Waals surface area contributed by atoms with Gasteiger partial charge in [-0.25, -0.2) is 0 Å². The van der Waals surface area contributed by atoms with Crippen molar-refractivity contribution in [2.24, 2.45) is 5.73 Å². The van der Waals surface area contributed by atoms with Gasteiger partial charge in [0.05, 0.1) is 4.92 Å². The van der Waals surface area contributed by atoms with Gasteiger partial charge in [-0.15, -0.1) is 0 Å². The third-order valence-corrected chi connectivity index (χ3v) is 2.63. The smallest absolute Gasteiger partial charge is 0.292 e. The van der Waals surface area contributed by atoms with Crippen molar-refractivity contribution in [2.75, 3.05) is 11.9 Å². The van der Waals surface area contributed by atoms with Gasteiger partial charge in [-0.2, -0.15) is 0 Å². The zero-order valence-corrected chi connectivity index (χ0v) is 10.7. The second-order valence-corrected chi connectivity index (χ2v) is 5.05. The van der Waals surface area contributed by atoms with Crippen LogP contribution in [0.5, 0.6) is 0 Å². The molecule has 0 spiro atoms. The summed E-state index contributed by atoms with van der Waals surface area (Å²) in [4.78, 5) is 10.4. The van der Waals surface area contributed by atoms with Crippen molar-refractivity contribution < 1.29 is 4.92 Å². The summed E-state index contributed by atoms with van der Waals surface area (Å²) in [5.41, 5.74) is 5.70. The molecular weight excluding hydrogens is 274 g/mol. The number of nitro benzene ring substituents is 1. The fourth-order valence-electron chi connectivity index (χ4n) is 1.18. The van der Waals surface area contributed by atoms with E-state index in [1.54, 1.807) is 12.1 Å². The molecule has 0 saturated carbocycles. The third kappa shape index (κ3) is 3.18. The van der Waals surface area contributed by atoms with Gasteiger partial charge < -0.3 is 11.1 Å². The lowest BCUT2D eigenvalue weighted by Crippen LogP contribution is -2.39. The van der Waals surface area contributed by atoms with Gasteiger partial charge in [0.1, 0.15) is 5.69 Å². The molecule has 1 aromatic rings. The SMILES string of the molecule is CC(C)(CN)Nc1cc(Br)ccc1[N+](=O)[O-]. The molecule has 5 nitrogen and oxygen atoms in total. The molecule has 0 aromatic heterocycles. The van der Waals surface area contributed by atoms with E-state index in [2.05, 4.69) is 21.2 Å². The van der Waals surface area contributed by atoms with Crippen LogP contribution in [0.4, 0.5) is 11.4 Å². The fourth-order valence-corrected chi connectivity index (χ4v) is 1.54. The van der Waals surface area contributed by atoms with Crippen molar-refractivity contribution in [1.82, 2.24) is 0 Å². The monoisotopic (exact) mass is 287 g/mol. The first-order valence-corrected chi connectivity index (χ1v) is 5.57. The second kappa shape index (κ2) is 4.80. The summed E-state index contributed by atoms with van der Waals surface area (Å²) >= 11 is 3.28. The Kier molecular flexibility index (Phi) is 3.88. The molecule has 0 saturated heterocycles. The van der Waals surface area contributed by atoms with Gasteiger partial charge in [0.2, 0.25) is 0 Å². The van der Waals surface area contributed by atoms with E-state index in [9.17, 15) is 10.1 Å². The number of nitrogens with zero attached hydrogens (tertiary/aromatic N) is 1. The predicted octanol–water partition coefficient (Wildman–Crippen LogP) is 2.51. The number of halogens is 1. The van der Waals surface area contributed by atoms with Crippen LogP contribution in [0.3, 0.4) is 0 Å². The Labute approximate surface area is 102 Å². The Balaban J connectivity index is 3.10. The third-order valence-electron chi connectivity index (χ3n) is 2.14. The Morgan fingerprint density at radius 2 is 2.19 bits per heavy atom. The van der Waals surface area contributed by atoms with E-state index >= 15 is 0 Å². The number of hydrogen-bond acceptors (Lipinski definition) is 4. The molecule has 0 bridgehead atoms. The van der Waals surface area contributed by atoms with Crippen molar-refractivity contribution in [1.29, 1.82) is 0 Å². The number of rotatable bonds is 4. The van der Waals surface area contributed by atoms with Crippen LogP contribution in [-0.4, -0.2) is 17.0 Å². The van der Waals surface area contributed by atoms with Crippen molar-refractivity contribution in [3.63, 3.8) is 0 Å². The zero-order chi connectivity index (χ0) is 12.3. The van der Waals surface area contributed by atoms with Gasteiger partial charge in [-0.3, -0.25) is 10.1 Å². The van der Waals surface area contributed by atoms with E-state index in [0.29, 0.717) is 12.2 Å². The second-order valence-electron chi connectivity index (χ2n) is 4.13. The molecule has 3 N–H and O–H groups in total. The topological polar surface area (TPSA) is 81.2 Å². The molecule has 1 rings (SSSR count). The maximum absolute atomic E-state index is 10.8. The highest BCUT2D eigenvalue weighted by Gasteiger charge is 2.21. The molecule has 0 fully saturated rings. The van der Waals surface area contributed by atoms with Crippen LogP contribution in [0.15, 0.2) is 22.7 Å². The van der Waals surface area contributed by atoms with E-state index in [4.69, 9.17) is 5.73 Å². The van der Waals surface area contributed by atoms with Gasteiger partial charge in [-0.05, 0) is 26.0 Å². The highest BCUT2D eigenvalue weighted by Crippen LogP contribution is 2.29. The van der Waals surface area contributed by atoms with E-state index in [-0.39, 0.29) is 11.2 Å². The van der Waals surface area contributed by atoms with E-state index < -0.39 is 4.92 Å². The number of benzene rings is 1. The minimum absolute atomic E-state index is 0.0460. The van der Waals surface area contributed by atoms with Crippen LogP contribution in [0.25, 0.3) is 0 Å². The molecule has 0 aliphatic heterocycles. The molecule has 88 valence electrons. The summed E-state index contributed by atoms with van der Waals surface area (Å²) in [5.74, 6) is 0. The normalized spacial score (nSPS) is 11.2. The van der Waals surface area contributed by atoms with Gasteiger partial charge >= 0.3 is 0 Å². The summed E-state index contributed by atoms with van der Waals surface area (Å²) in [5, 5.41) is 13.9. The van der Waals surface area contributed by atoms with Crippen LogP contribution >= 0.6 is 15.9 Å². The number of nitrogens with one attached hydrogen (secondary N) is 1. The van der Waals surface area contributed by atoms with Crippen LogP contribution < -0.4 is 11.1 Å². The first-order chi connectivity index (χ1) is 7.35. The zero-order valence-electron chi connectivity index (χ0n) is 9.16. The Hall–Kier alpha value is -1.14. The lowest BCUT2D eigenvalue weighted by molar-refractivity contribution is -0.384. The molecule has 1 aromatic carbocycles. The van der Waals surface area contributed by atoms with Gasteiger partial charge in [-0.1, -0.05) is 15.9 Å². The van der Waals surface area contributed by atoms with Crippen molar-refractivity contribution in [3.8, 4) is 0 Å². The predicted molar refractivity (Wildman–Crippen MR) is 67.6 cm³/mol.